The second-order valence-electron chi connectivity index (χ2n) is 4.99. The number of anilines is 1. The molecule has 1 saturated carbocycles. The van der Waals surface area contributed by atoms with E-state index in [0.717, 1.165) is 18.2 Å². The summed E-state index contributed by atoms with van der Waals surface area (Å²) in [5.41, 5.74) is 1.03. The van der Waals surface area contributed by atoms with E-state index in [0.29, 0.717) is 18.3 Å². The first-order valence-electron chi connectivity index (χ1n) is 6.21. The number of rotatable bonds is 6. The molecule has 5 nitrogen and oxygen atoms in total. The largest absolute Gasteiger partial charge is 0.308 e. The minimum absolute atomic E-state index is 0.0348. The van der Waals surface area contributed by atoms with Crippen LogP contribution in [0.3, 0.4) is 0 Å². The molecular weight excluding hydrogens is 216 g/mol. The van der Waals surface area contributed by atoms with Crippen LogP contribution < -0.4 is 10.6 Å². The lowest BCUT2D eigenvalue weighted by Gasteiger charge is -2.03. The number of H-pyrrole nitrogens is 1. The first-order valence-corrected chi connectivity index (χ1v) is 6.21. The smallest absolute Gasteiger partial charge is 0.239 e. The van der Waals surface area contributed by atoms with Gasteiger partial charge >= 0.3 is 0 Å². The topological polar surface area (TPSA) is 69.8 Å². The van der Waals surface area contributed by atoms with Crippen LogP contribution in [0.1, 0.15) is 38.3 Å². The van der Waals surface area contributed by atoms with Gasteiger partial charge in [0.2, 0.25) is 5.91 Å². The van der Waals surface area contributed by atoms with Crippen molar-refractivity contribution < 1.29 is 4.79 Å². The molecule has 17 heavy (non-hydrogen) atoms. The van der Waals surface area contributed by atoms with E-state index in [1.807, 2.05) is 6.07 Å². The maximum atomic E-state index is 11.6. The van der Waals surface area contributed by atoms with Crippen molar-refractivity contribution in [1.82, 2.24) is 15.5 Å². The van der Waals surface area contributed by atoms with Crippen LogP contribution in [0.2, 0.25) is 0 Å². The van der Waals surface area contributed by atoms with Gasteiger partial charge in [0, 0.05) is 11.8 Å². The summed E-state index contributed by atoms with van der Waals surface area (Å²) >= 11 is 0. The third-order valence-electron chi connectivity index (χ3n) is 2.90. The van der Waals surface area contributed by atoms with Gasteiger partial charge in [0.1, 0.15) is 0 Å². The molecular formula is C12H20N4O. The predicted octanol–water partition coefficient (Wildman–Crippen LogP) is 1.47. The molecule has 1 heterocycles. The third-order valence-corrected chi connectivity index (χ3v) is 2.90. The number of hydrogen-bond acceptors (Lipinski definition) is 3. The number of hydrogen-bond donors (Lipinski definition) is 3. The number of carbonyl (C=O) groups excluding carboxylic acids is 1. The minimum atomic E-state index is -0.0348. The Morgan fingerprint density at radius 1 is 1.59 bits per heavy atom. The Kier molecular flexibility index (Phi) is 3.78. The maximum absolute atomic E-state index is 11.6. The van der Waals surface area contributed by atoms with E-state index in [4.69, 9.17) is 0 Å². The Balaban J connectivity index is 1.72. The van der Waals surface area contributed by atoms with Crippen LogP contribution in [-0.2, 0) is 4.79 Å². The average molecular weight is 236 g/mol. The second-order valence-corrected chi connectivity index (χ2v) is 4.99. The molecule has 1 aromatic rings. The number of nitrogens with one attached hydrogen (secondary N) is 3. The minimum Gasteiger partial charge on any atom is -0.308 e. The van der Waals surface area contributed by atoms with E-state index in [2.05, 4.69) is 34.7 Å². The van der Waals surface area contributed by atoms with Crippen molar-refractivity contribution in [3.8, 4) is 0 Å². The molecule has 1 aromatic heterocycles. The quantitative estimate of drug-likeness (QED) is 0.700. The van der Waals surface area contributed by atoms with E-state index in [1.165, 1.54) is 12.8 Å². The molecule has 0 saturated heterocycles. The SMILES string of the molecule is CC(C)c1cc(NC(=O)CNCC2CC2)n[nH]1. The lowest BCUT2D eigenvalue weighted by Crippen LogP contribution is -2.29. The van der Waals surface area contributed by atoms with Crippen LogP contribution in [0, 0.1) is 5.92 Å². The zero-order valence-corrected chi connectivity index (χ0v) is 10.4. The first kappa shape index (κ1) is 12.1. The fraction of sp³-hybridized carbons (Fsp3) is 0.667. The van der Waals surface area contributed by atoms with Crippen molar-refractivity contribution in [3.05, 3.63) is 11.8 Å². The van der Waals surface area contributed by atoms with Gasteiger partial charge in [0.05, 0.1) is 6.54 Å². The molecule has 3 N–H and O–H groups in total. The van der Waals surface area contributed by atoms with E-state index in [-0.39, 0.29) is 5.91 Å². The Morgan fingerprint density at radius 2 is 2.35 bits per heavy atom. The second kappa shape index (κ2) is 5.31. The summed E-state index contributed by atoms with van der Waals surface area (Å²) in [4.78, 5) is 11.6. The number of carbonyl (C=O) groups is 1. The van der Waals surface area contributed by atoms with Crippen LogP contribution in [0.5, 0.6) is 0 Å². The summed E-state index contributed by atoms with van der Waals surface area (Å²) in [5.74, 6) is 1.75. The molecule has 1 aliphatic rings. The molecule has 0 atom stereocenters. The fourth-order valence-corrected chi connectivity index (χ4v) is 1.60. The highest BCUT2D eigenvalue weighted by Gasteiger charge is 2.20. The molecule has 0 radical (unpaired) electrons. The number of aromatic amines is 1. The predicted molar refractivity (Wildman–Crippen MR) is 66.9 cm³/mol. The van der Waals surface area contributed by atoms with Gasteiger partial charge in [-0.3, -0.25) is 9.89 Å². The van der Waals surface area contributed by atoms with Gasteiger partial charge < -0.3 is 10.6 Å². The zero-order chi connectivity index (χ0) is 12.3. The molecule has 0 aliphatic heterocycles. The summed E-state index contributed by atoms with van der Waals surface area (Å²) in [7, 11) is 0. The lowest BCUT2D eigenvalue weighted by atomic mass is 10.1. The fourth-order valence-electron chi connectivity index (χ4n) is 1.60. The standard InChI is InChI=1S/C12H20N4O/c1-8(2)10-5-11(16-15-10)14-12(17)7-13-6-9-3-4-9/h5,8-9,13H,3-4,6-7H2,1-2H3,(H2,14,15,16,17). The molecule has 1 fully saturated rings. The van der Waals surface area contributed by atoms with Crippen LogP contribution >= 0.6 is 0 Å². The van der Waals surface area contributed by atoms with Crippen molar-refractivity contribution in [1.29, 1.82) is 0 Å². The van der Waals surface area contributed by atoms with E-state index in [1.54, 1.807) is 0 Å². The zero-order valence-electron chi connectivity index (χ0n) is 10.4. The van der Waals surface area contributed by atoms with E-state index < -0.39 is 0 Å². The molecule has 0 spiro atoms. The van der Waals surface area contributed by atoms with Crippen LogP contribution in [0.15, 0.2) is 6.07 Å². The summed E-state index contributed by atoms with van der Waals surface area (Å²) in [6.45, 7) is 5.47. The molecule has 5 heteroatoms. The Bertz CT molecular complexity index is 382. The summed E-state index contributed by atoms with van der Waals surface area (Å²) in [6.07, 6.45) is 2.59. The van der Waals surface area contributed by atoms with Gasteiger partial charge in [-0.05, 0) is 31.2 Å². The molecule has 1 aliphatic carbocycles. The Morgan fingerprint density at radius 3 is 2.94 bits per heavy atom. The molecule has 2 rings (SSSR count). The number of aromatic nitrogens is 2. The van der Waals surface area contributed by atoms with Crippen LogP contribution in [0.4, 0.5) is 5.82 Å². The van der Waals surface area contributed by atoms with Crippen molar-refractivity contribution in [2.45, 2.75) is 32.6 Å². The normalized spacial score (nSPS) is 15.2. The van der Waals surface area contributed by atoms with Crippen molar-refractivity contribution in [2.75, 3.05) is 18.4 Å². The molecule has 0 bridgehead atoms. The van der Waals surface area contributed by atoms with Crippen LogP contribution in [-0.4, -0.2) is 29.2 Å². The van der Waals surface area contributed by atoms with Crippen molar-refractivity contribution in [3.63, 3.8) is 0 Å². The Labute approximate surface area is 101 Å². The first-order chi connectivity index (χ1) is 8.15. The highest BCUT2D eigenvalue weighted by molar-refractivity contribution is 5.91. The molecule has 0 aromatic carbocycles. The number of nitrogens with zero attached hydrogens (tertiary/aromatic N) is 1. The van der Waals surface area contributed by atoms with Gasteiger partial charge in [-0.15, -0.1) is 0 Å². The molecule has 1 amide bonds. The molecule has 94 valence electrons. The number of amides is 1. The third kappa shape index (κ3) is 3.85. The lowest BCUT2D eigenvalue weighted by molar-refractivity contribution is -0.115. The molecule has 0 unspecified atom stereocenters. The van der Waals surface area contributed by atoms with E-state index >= 15 is 0 Å². The van der Waals surface area contributed by atoms with Gasteiger partial charge in [-0.1, -0.05) is 13.8 Å². The maximum Gasteiger partial charge on any atom is 0.239 e. The van der Waals surface area contributed by atoms with Gasteiger partial charge in [-0.2, -0.15) is 5.10 Å². The van der Waals surface area contributed by atoms with Crippen molar-refractivity contribution in [2.24, 2.45) is 5.92 Å². The summed E-state index contributed by atoms with van der Waals surface area (Å²) in [5, 5.41) is 12.9. The van der Waals surface area contributed by atoms with E-state index in [9.17, 15) is 4.79 Å². The highest BCUT2D eigenvalue weighted by Crippen LogP contribution is 2.27. The van der Waals surface area contributed by atoms with Gasteiger partial charge in [-0.25, -0.2) is 0 Å². The average Bonchev–Trinajstić information content (AvgIpc) is 2.96. The monoisotopic (exact) mass is 236 g/mol. The van der Waals surface area contributed by atoms with Crippen LogP contribution in [0.25, 0.3) is 0 Å². The Hall–Kier alpha value is -1.36. The van der Waals surface area contributed by atoms with Gasteiger partial charge in [0.25, 0.3) is 0 Å². The highest BCUT2D eigenvalue weighted by atomic mass is 16.2. The summed E-state index contributed by atoms with van der Waals surface area (Å²) in [6, 6.07) is 1.88. The van der Waals surface area contributed by atoms with Gasteiger partial charge in [0.15, 0.2) is 5.82 Å². The summed E-state index contributed by atoms with van der Waals surface area (Å²) < 4.78 is 0. The van der Waals surface area contributed by atoms with Crippen molar-refractivity contribution >= 4 is 11.7 Å².